The number of para-hydroxylation sites is 3. The minimum absolute atomic E-state index is 0.590. The molecule has 6 heteroatoms. The Morgan fingerprint density at radius 1 is 0.421 bits per heavy atom. The van der Waals surface area contributed by atoms with Gasteiger partial charge < -0.3 is 8.98 Å². The Hall–Kier alpha value is -7.41. The van der Waals surface area contributed by atoms with Gasteiger partial charge in [-0.1, -0.05) is 140 Å². The number of rotatable bonds is 5. The summed E-state index contributed by atoms with van der Waals surface area (Å²) in [5.74, 6) is 1.85. The predicted molar refractivity (Wildman–Crippen MR) is 236 cm³/mol. The van der Waals surface area contributed by atoms with Crippen molar-refractivity contribution in [3.63, 3.8) is 0 Å². The number of hydrogen-bond acceptors (Lipinski definition) is 5. The molecular formula is C51H30N4OS. The van der Waals surface area contributed by atoms with Gasteiger partial charge >= 0.3 is 0 Å². The molecule has 4 heterocycles. The van der Waals surface area contributed by atoms with Crippen molar-refractivity contribution in [3.05, 3.63) is 182 Å². The van der Waals surface area contributed by atoms with Crippen molar-refractivity contribution in [2.45, 2.75) is 0 Å². The van der Waals surface area contributed by atoms with Crippen LogP contribution < -0.4 is 0 Å². The quantitative estimate of drug-likeness (QED) is 0.176. The number of fused-ring (bicyclic) bond motifs is 9. The van der Waals surface area contributed by atoms with E-state index in [2.05, 4.69) is 156 Å². The fraction of sp³-hybridized carbons (Fsp3) is 0. The second-order valence-electron chi connectivity index (χ2n) is 14.3. The standard InChI is InChI=1S/C51H30N4OS/c1-3-14-31(15-4-1)34-20-13-27-45-46(34)39-22-11-23-40(48(39)57-45)51-53-49(32-16-5-2-6-17-32)52-50(54-51)33-28-29-37-38-21-12-26-43(47(38)56-44(37)30-33)55-41-24-9-7-18-35(41)36-19-8-10-25-42(36)55/h1-30H. The molecule has 0 bridgehead atoms. The van der Waals surface area contributed by atoms with Gasteiger partial charge in [0.05, 0.1) is 16.7 Å². The molecule has 0 unspecified atom stereocenters. The van der Waals surface area contributed by atoms with Crippen LogP contribution in [0.1, 0.15) is 0 Å². The van der Waals surface area contributed by atoms with Crippen LogP contribution in [0.5, 0.6) is 0 Å². The van der Waals surface area contributed by atoms with E-state index in [4.69, 9.17) is 19.4 Å². The van der Waals surface area contributed by atoms with Crippen molar-refractivity contribution in [1.29, 1.82) is 0 Å². The summed E-state index contributed by atoms with van der Waals surface area (Å²) >= 11 is 1.78. The normalized spacial score (nSPS) is 11.9. The van der Waals surface area contributed by atoms with Gasteiger partial charge in [-0.25, -0.2) is 15.0 Å². The fourth-order valence-corrected chi connectivity index (χ4v) is 9.74. The zero-order chi connectivity index (χ0) is 37.5. The zero-order valence-electron chi connectivity index (χ0n) is 30.4. The topological polar surface area (TPSA) is 56.7 Å². The van der Waals surface area contributed by atoms with Crippen LogP contribution in [0.25, 0.3) is 115 Å². The van der Waals surface area contributed by atoms with Crippen LogP contribution in [-0.4, -0.2) is 19.5 Å². The van der Waals surface area contributed by atoms with Gasteiger partial charge in [-0.05, 0) is 53.6 Å². The Morgan fingerprint density at radius 2 is 1.02 bits per heavy atom. The summed E-state index contributed by atoms with van der Waals surface area (Å²) in [5, 5.41) is 6.97. The Labute approximate surface area is 330 Å². The van der Waals surface area contributed by atoms with Crippen molar-refractivity contribution in [2.75, 3.05) is 0 Å². The summed E-state index contributed by atoms with van der Waals surface area (Å²) in [4.78, 5) is 15.5. The monoisotopic (exact) mass is 746 g/mol. The molecule has 0 saturated carbocycles. The lowest BCUT2D eigenvalue weighted by Gasteiger charge is -2.09. The molecule has 4 aromatic heterocycles. The van der Waals surface area contributed by atoms with Gasteiger partial charge in [-0.2, -0.15) is 0 Å². The molecule has 0 spiro atoms. The highest BCUT2D eigenvalue weighted by Gasteiger charge is 2.21. The lowest BCUT2D eigenvalue weighted by Crippen LogP contribution is -2.00. The number of hydrogen-bond donors (Lipinski definition) is 0. The van der Waals surface area contributed by atoms with Crippen molar-refractivity contribution < 1.29 is 4.42 Å². The Morgan fingerprint density at radius 3 is 1.79 bits per heavy atom. The molecular weight excluding hydrogens is 717 g/mol. The molecule has 0 N–H and O–H groups in total. The molecule has 12 aromatic rings. The maximum absolute atomic E-state index is 6.85. The minimum atomic E-state index is 0.590. The highest BCUT2D eigenvalue weighted by atomic mass is 32.1. The average Bonchev–Trinajstić information content (AvgIpc) is 3.96. The van der Waals surface area contributed by atoms with Gasteiger partial charge in [0.1, 0.15) is 5.58 Å². The van der Waals surface area contributed by atoms with E-state index in [9.17, 15) is 0 Å². The van der Waals surface area contributed by atoms with Crippen molar-refractivity contribution in [2.24, 2.45) is 0 Å². The minimum Gasteiger partial charge on any atom is -0.454 e. The zero-order valence-corrected chi connectivity index (χ0v) is 31.2. The summed E-state index contributed by atoms with van der Waals surface area (Å²) in [5.41, 5.74) is 10.1. The largest absolute Gasteiger partial charge is 0.454 e. The van der Waals surface area contributed by atoms with Crippen molar-refractivity contribution >= 4 is 75.3 Å². The highest BCUT2D eigenvalue weighted by molar-refractivity contribution is 7.26. The van der Waals surface area contributed by atoms with E-state index in [1.165, 1.54) is 37.4 Å². The van der Waals surface area contributed by atoms with Crippen LogP contribution in [0.2, 0.25) is 0 Å². The second-order valence-corrected chi connectivity index (χ2v) is 15.4. The van der Waals surface area contributed by atoms with Crippen LogP contribution in [0.4, 0.5) is 0 Å². The molecule has 0 atom stereocenters. The second kappa shape index (κ2) is 12.6. The molecule has 0 amide bonds. The lowest BCUT2D eigenvalue weighted by molar-refractivity contribution is 0.666. The van der Waals surface area contributed by atoms with E-state index in [0.717, 1.165) is 60.0 Å². The van der Waals surface area contributed by atoms with Gasteiger partial charge in [0.25, 0.3) is 0 Å². The smallest absolute Gasteiger partial charge is 0.165 e. The van der Waals surface area contributed by atoms with E-state index in [0.29, 0.717) is 17.5 Å². The first-order valence-corrected chi connectivity index (χ1v) is 19.8. The molecule has 0 aliphatic heterocycles. The molecule has 0 fully saturated rings. The van der Waals surface area contributed by atoms with Gasteiger partial charge in [0.15, 0.2) is 23.1 Å². The number of thiophene rings is 1. The summed E-state index contributed by atoms with van der Waals surface area (Å²) < 4.78 is 11.5. The Balaban J connectivity index is 1.05. The number of aromatic nitrogens is 4. The predicted octanol–water partition coefficient (Wildman–Crippen LogP) is 13.9. The summed E-state index contributed by atoms with van der Waals surface area (Å²) in [7, 11) is 0. The third-order valence-electron chi connectivity index (χ3n) is 11.1. The third-order valence-corrected chi connectivity index (χ3v) is 12.3. The molecule has 0 aliphatic carbocycles. The van der Waals surface area contributed by atoms with E-state index in [1.807, 2.05) is 30.3 Å². The fourth-order valence-electron chi connectivity index (χ4n) is 8.50. The maximum Gasteiger partial charge on any atom is 0.165 e. The average molecular weight is 747 g/mol. The van der Waals surface area contributed by atoms with Crippen LogP contribution in [0.15, 0.2) is 186 Å². The molecule has 8 aromatic carbocycles. The molecule has 266 valence electrons. The molecule has 0 saturated heterocycles. The lowest BCUT2D eigenvalue weighted by atomic mass is 9.99. The molecule has 57 heavy (non-hydrogen) atoms. The summed E-state index contributed by atoms with van der Waals surface area (Å²) in [6, 6.07) is 63.6. The van der Waals surface area contributed by atoms with Crippen LogP contribution in [0.3, 0.4) is 0 Å². The number of benzene rings is 8. The van der Waals surface area contributed by atoms with Crippen molar-refractivity contribution in [3.8, 4) is 51.0 Å². The van der Waals surface area contributed by atoms with Crippen LogP contribution in [0, 0.1) is 0 Å². The molecule has 0 aliphatic rings. The van der Waals surface area contributed by atoms with Crippen LogP contribution >= 0.6 is 11.3 Å². The van der Waals surface area contributed by atoms with E-state index < -0.39 is 0 Å². The van der Waals surface area contributed by atoms with Gasteiger partial charge in [0, 0.05) is 58.4 Å². The first-order valence-electron chi connectivity index (χ1n) is 19.0. The molecule has 0 radical (unpaired) electrons. The Kier molecular flexibility index (Phi) is 7.03. The Bertz CT molecular complexity index is 3470. The van der Waals surface area contributed by atoms with Gasteiger partial charge in [-0.3, -0.25) is 0 Å². The maximum atomic E-state index is 6.85. The highest BCUT2D eigenvalue weighted by Crippen LogP contribution is 2.44. The third kappa shape index (κ3) is 4.98. The van der Waals surface area contributed by atoms with Gasteiger partial charge in [-0.15, -0.1) is 11.3 Å². The molecule has 5 nitrogen and oxygen atoms in total. The van der Waals surface area contributed by atoms with Crippen LogP contribution in [-0.2, 0) is 0 Å². The van der Waals surface area contributed by atoms with E-state index >= 15 is 0 Å². The summed E-state index contributed by atoms with van der Waals surface area (Å²) in [6.45, 7) is 0. The summed E-state index contributed by atoms with van der Waals surface area (Å²) in [6.07, 6.45) is 0. The molecule has 12 rings (SSSR count). The SMILES string of the molecule is c1ccc(-c2nc(-c3ccc4c(c3)oc3c(-n5c6ccccc6c6ccccc65)cccc34)nc(-c3cccc4c3sc3cccc(-c5ccccc5)c34)n2)cc1. The first-order chi connectivity index (χ1) is 28.3. The van der Waals surface area contributed by atoms with E-state index in [-0.39, 0.29) is 0 Å². The van der Waals surface area contributed by atoms with E-state index in [1.54, 1.807) is 11.3 Å². The number of nitrogens with zero attached hydrogens (tertiary/aromatic N) is 4. The first kappa shape index (κ1) is 31.9. The van der Waals surface area contributed by atoms with Gasteiger partial charge in [0.2, 0.25) is 0 Å². The van der Waals surface area contributed by atoms with Crippen molar-refractivity contribution in [1.82, 2.24) is 19.5 Å². The number of furan rings is 1.